The van der Waals surface area contributed by atoms with E-state index in [1.54, 1.807) is 47.2 Å². The summed E-state index contributed by atoms with van der Waals surface area (Å²) >= 11 is 0. The van der Waals surface area contributed by atoms with Crippen LogP contribution in [0.15, 0.2) is 82.2 Å². The predicted octanol–water partition coefficient (Wildman–Crippen LogP) is 3.86. The van der Waals surface area contributed by atoms with E-state index in [0.717, 1.165) is 18.6 Å². The van der Waals surface area contributed by atoms with Gasteiger partial charge in [0.05, 0.1) is 12.8 Å². The average Bonchev–Trinajstić information content (AvgIpc) is 3.39. The summed E-state index contributed by atoms with van der Waals surface area (Å²) in [6.45, 7) is 0.549. The van der Waals surface area contributed by atoms with Crippen molar-refractivity contribution in [1.29, 1.82) is 0 Å². The molecule has 0 aliphatic heterocycles. The molecule has 162 valence electrons. The summed E-state index contributed by atoms with van der Waals surface area (Å²) in [5.74, 6) is 2.25. The second-order valence-electron chi connectivity index (χ2n) is 7.60. The van der Waals surface area contributed by atoms with Gasteiger partial charge in [0.15, 0.2) is 5.76 Å². The van der Waals surface area contributed by atoms with Crippen molar-refractivity contribution in [2.45, 2.75) is 25.4 Å². The Balaban J connectivity index is 1.21. The van der Waals surface area contributed by atoms with Crippen molar-refractivity contribution >= 4 is 5.91 Å². The summed E-state index contributed by atoms with van der Waals surface area (Å²) in [5, 5.41) is 7.28. The van der Waals surface area contributed by atoms with Crippen LogP contribution in [0.3, 0.4) is 0 Å². The first-order chi connectivity index (χ1) is 15.7. The maximum absolute atomic E-state index is 12.8. The number of nitrogens with zero attached hydrogens (tertiary/aromatic N) is 3. The number of carbonyl (C=O) groups excluding carboxylic acids is 1. The quantitative estimate of drug-likeness (QED) is 0.458. The van der Waals surface area contributed by atoms with Gasteiger partial charge in [0.25, 0.3) is 5.91 Å². The molecule has 1 aliphatic rings. The second kappa shape index (κ2) is 8.58. The smallest absolute Gasteiger partial charge is 0.346 e. The van der Waals surface area contributed by atoms with Gasteiger partial charge in [-0.25, -0.2) is 9.48 Å². The molecule has 8 nitrogen and oxygen atoms in total. The summed E-state index contributed by atoms with van der Waals surface area (Å²) < 4.78 is 14.3. The molecule has 0 saturated heterocycles. The van der Waals surface area contributed by atoms with Crippen molar-refractivity contribution in [2.75, 3.05) is 6.54 Å². The van der Waals surface area contributed by atoms with Gasteiger partial charge in [-0.05, 0) is 61.4 Å². The van der Waals surface area contributed by atoms with Crippen LogP contribution in [0.5, 0.6) is 11.5 Å². The van der Waals surface area contributed by atoms with Crippen LogP contribution in [0.25, 0.3) is 11.6 Å². The largest absolute Gasteiger partial charge is 0.461 e. The molecule has 1 saturated carbocycles. The van der Waals surface area contributed by atoms with Crippen LogP contribution in [0.4, 0.5) is 0 Å². The zero-order chi connectivity index (χ0) is 21.9. The van der Waals surface area contributed by atoms with E-state index in [2.05, 4.69) is 10.4 Å². The zero-order valence-electron chi connectivity index (χ0n) is 17.3. The van der Waals surface area contributed by atoms with Gasteiger partial charge in [0, 0.05) is 18.2 Å². The van der Waals surface area contributed by atoms with Crippen LogP contribution >= 0.6 is 0 Å². The number of para-hydroxylation sites is 1. The lowest BCUT2D eigenvalue weighted by molar-refractivity contribution is 0.0951. The molecular formula is C24H22N4O4. The lowest BCUT2D eigenvalue weighted by Gasteiger charge is -2.07. The van der Waals surface area contributed by atoms with Gasteiger partial charge in [-0.15, -0.1) is 5.10 Å². The first-order valence-electron chi connectivity index (χ1n) is 10.5. The van der Waals surface area contributed by atoms with Crippen LogP contribution < -0.4 is 15.7 Å². The Labute approximate surface area is 184 Å². The van der Waals surface area contributed by atoms with Gasteiger partial charge in [-0.2, -0.15) is 0 Å². The summed E-state index contributed by atoms with van der Waals surface area (Å²) in [6, 6.07) is 20.1. The van der Waals surface area contributed by atoms with E-state index in [1.165, 1.54) is 4.68 Å². The monoisotopic (exact) mass is 430 g/mol. The van der Waals surface area contributed by atoms with Crippen LogP contribution in [0.1, 0.15) is 29.2 Å². The van der Waals surface area contributed by atoms with E-state index in [1.807, 2.05) is 30.3 Å². The second-order valence-corrected chi connectivity index (χ2v) is 7.60. The van der Waals surface area contributed by atoms with Gasteiger partial charge in [-0.3, -0.25) is 9.36 Å². The number of carbonyl (C=O) groups is 1. The highest BCUT2D eigenvalue weighted by Crippen LogP contribution is 2.36. The van der Waals surface area contributed by atoms with E-state index in [0.29, 0.717) is 22.9 Å². The van der Waals surface area contributed by atoms with Crippen LogP contribution in [-0.2, 0) is 6.54 Å². The minimum absolute atomic E-state index is 0.169. The number of furan rings is 1. The highest BCUT2D eigenvalue weighted by Gasteiger charge is 2.31. The molecule has 8 heteroatoms. The van der Waals surface area contributed by atoms with Crippen molar-refractivity contribution in [3.63, 3.8) is 0 Å². The summed E-state index contributed by atoms with van der Waals surface area (Å²) in [6.07, 6.45) is 3.48. The van der Waals surface area contributed by atoms with Crippen molar-refractivity contribution in [1.82, 2.24) is 19.7 Å². The number of hydrogen-bond acceptors (Lipinski definition) is 5. The van der Waals surface area contributed by atoms with Crippen molar-refractivity contribution < 1.29 is 13.9 Å². The number of ether oxygens (including phenoxy) is 1. The molecule has 0 bridgehead atoms. The van der Waals surface area contributed by atoms with Gasteiger partial charge in [0.1, 0.15) is 11.5 Å². The minimum atomic E-state index is -0.225. The third-order valence-corrected chi connectivity index (χ3v) is 5.23. The Kier molecular flexibility index (Phi) is 5.33. The topological polar surface area (TPSA) is 91.3 Å². The van der Waals surface area contributed by atoms with E-state index >= 15 is 0 Å². The first kappa shape index (κ1) is 19.9. The normalized spacial score (nSPS) is 13.1. The fourth-order valence-corrected chi connectivity index (χ4v) is 3.48. The lowest BCUT2D eigenvalue weighted by atomic mass is 10.2. The first-order valence-corrected chi connectivity index (χ1v) is 10.5. The molecule has 1 fully saturated rings. The fraction of sp³-hybridized carbons (Fsp3) is 0.208. The van der Waals surface area contributed by atoms with E-state index < -0.39 is 0 Å². The molecule has 0 radical (unpaired) electrons. The number of benzene rings is 2. The molecular weight excluding hydrogens is 408 g/mol. The Morgan fingerprint density at radius 2 is 1.78 bits per heavy atom. The van der Waals surface area contributed by atoms with Gasteiger partial charge < -0.3 is 14.5 Å². The number of rotatable bonds is 8. The Hall–Kier alpha value is -4.07. The predicted molar refractivity (Wildman–Crippen MR) is 118 cm³/mol. The van der Waals surface area contributed by atoms with E-state index in [4.69, 9.17) is 9.15 Å². The highest BCUT2D eigenvalue weighted by atomic mass is 16.5. The van der Waals surface area contributed by atoms with Crippen molar-refractivity contribution in [3.05, 3.63) is 89.0 Å². The molecule has 1 amide bonds. The average molecular weight is 430 g/mol. The van der Waals surface area contributed by atoms with Crippen LogP contribution in [0, 0.1) is 0 Å². The molecule has 2 aromatic heterocycles. The molecule has 2 aromatic carbocycles. The summed E-state index contributed by atoms with van der Waals surface area (Å²) in [7, 11) is 0. The maximum atomic E-state index is 12.8. The Morgan fingerprint density at radius 1 is 1.03 bits per heavy atom. The van der Waals surface area contributed by atoms with Gasteiger partial charge >= 0.3 is 5.69 Å². The third kappa shape index (κ3) is 4.20. The van der Waals surface area contributed by atoms with E-state index in [-0.39, 0.29) is 30.7 Å². The zero-order valence-corrected chi connectivity index (χ0v) is 17.3. The lowest BCUT2D eigenvalue weighted by Crippen LogP contribution is -2.32. The molecule has 2 heterocycles. The number of hydrogen-bond donors (Lipinski definition) is 1. The number of aromatic nitrogens is 3. The van der Waals surface area contributed by atoms with E-state index in [9.17, 15) is 9.59 Å². The Bertz CT molecular complexity index is 1250. The molecule has 1 aliphatic carbocycles. The molecule has 0 spiro atoms. The fourth-order valence-electron chi connectivity index (χ4n) is 3.48. The summed E-state index contributed by atoms with van der Waals surface area (Å²) in [4.78, 5) is 25.3. The number of amides is 1. The number of nitrogens with one attached hydrogen (secondary N) is 1. The maximum Gasteiger partial charge on any atom is 0.346 e. The molecule has 5 rings (SSSR count). The van der Waals surface area contributed by atoms with Gasteiger partial charge in [0.2, 0.25) is 5.82 Å². The highest BCUT2D eigenvalue weighted by molar-refractivity contribution is 5.94. The van der Waals surface area contributed by atoms with Gasteiger partial charge in [-0.1, -0.05) is 18.2 Å². The standard InChI is InChI=1S/C24H22N4O4/c29-23(17-8-12-20(13-9-17)32-19-5-2-1-3-6-19)25-14-15-27-24(30)28(18-10-11-18)22(26-27)21-7-4-16-31-21/h1-9,12-13,16,18H,10-11,14-15H2,(H,25,29). The van der Waals surface area contributed by atoms with Crippen molar-refractivity contribution in [2.24, 2.45) is 0 Å². The summed E-state index contributed by atoms with van der Waals surface area (Å²) in [5.41, 5.74) is 0.327. The Morgan fingerprint density at radius 3 is 2.47 bits per heavy atom. The van der Waals surface area contributed by atoms with Crippen LogP contribution in [0.2, 0.25) is 0 Å². The molecule has 32 heavy (non-hydrogen) atoms. The molecule has 0 atom stereocenters. The van der Waals surface area contributed by atoms with Crippen LogP contribution in [-0.4, -0.2) is 26.8 Å². The molecule has 4 aromatic rings. The minimum Gasteiger partial charge on any atom is -0.461 e. The molecule has 0 unspecified atom stereocenters. The third-order valence-electron chi connectivity index (χ3n) is 5.23. The molecule has 1 N–H and O–H groups in total. The SMILES string of the molecule is O=C(NCCn1nc(-c2ccco2)n(C2CC2)c1=O)c1ccc(Oc2ccccc2)cc1. The van der Waals surface area contributed by atoms with Crippen molar-refractivity contribution in [3.8, 4) is 23.1 Å².